The van der Waals surface area contributed by atoms with Gasteiger partial charge in [0.05, 0.1) is 19.8 Å². The fourth-order valence-electron chi connectivity index (χ4n) is 2.06. The molecule has 1 amide bonds. The van der Waals surface area contributed by atoms with Crippen LogP contribution in [0.2, 0.25) is 0 Å². The zero-order valence-corrected chi connectivity index (χ0v) is 14.1. The molecule has 0 heterocycles. The smallest absolute Gasteiger partial charge is 0.412 e. The van der Waals surface area contributed by atoms with E-state index in [1.165, 1.54) is 0 Å². The van der Waals surface area contributed by atoms with E-state index in [2.05, 4.69) is 0 Å². The first kappa shape index (κ1) is 19.9. The second kappa shape index (κ2) is 10.6. The van der Waals surface area contributed by atoms with Crippen molar-refractivity contribution in [1.29, 1.82) is 0 Å². The molecule has 1 unspecified atom stereocenters. The maximum absolute atomic E-state index is 12.2. The van der Waals surface area contributed by atoms with Crippen LogP contribution in [-0.2, 0) is 20.9 Å². The van der Waals surface area contributed by atoms with Crippen LogP contribution in [0.1, 0.15) is 32.3 Å². The second-order valence-electron chi connectivity index (χ2n) is 5.31. The van der Waals surface area contributed by atoms with Gasteiger partial charge in [-0.3, -0.25) is 4.90 Å². The van der Waals surface area contributed by atoms with Crippen LogP contribution in [0.25, 0.3) is 0 Å². The van der Waals surface area contributed by atoms with Crippen molar-refractivity contribution in [2.75, 3.05) is 13.2 Å². The van der Waals surface area contributed by atoms with Crippen molar-refractivity contribution in [2.24, 2.45) is 0 Å². The van der Waals surface area contributed by atoms with Crippen molar-refractivity contribution in [3.8, 4) is 0 Å². The van der Waals surface area contributed by atoms with Gasteiger partial charge in [0.1, 0.15) is 6.23 Å². The van der Waals surface area contributed by atoms with Gasteiger partial charge in [-0.25, -0.2) is 9.59 Å². The van der Waals surface area contributed by atoms with E-state index in [1.807, 2.05) is 37.3 Å². The molecule has 7 nitrogen and oxygen atoms in total. The quantitative estimate of drug-likeness (QED) is 0.501. The highest BCUT2D eigenvalue weighted by atomic mass is 16.6. The lowest BCUT2D eigenvalue weighted by atomic mass is 10.2. The fourth-order valence-corrected chi connectivity index (χ4v) is 2.06. The summed E-state index contributed by atoms with van der Waals surface area (Å²) < 4.78 is 10.7. The number of unbranched alkanes of at least 4 members (excludes halogenated alkanes) is 1. The average Bonchev–Trinajstić information content (AvgIpc) is 2.58. The number of carbonyl (C=O) groups excluding carboxylic acids is 1. The Bertz CT molecular complexity index is 507. The molecule has 0 radical (unpaired) electrons. The van der Waals surface area contributed by atoms with Crippen molar-refractivity contribution in [1.82, 2.24) is 4.90 Å². The largest absolute Gasteiger partial charge is 0.480 e. The molecule has 0 bridgehead atoms. The third-order valence-electron chi connectivity index (χ3n) is 3.45. The molecular weight excluding hydrogens is 314 g/mol. The van der Waals surface area contributed by atoms with Crippen LogP contribution < -0.4 is 0 Å². The number of aliphatic hydroxyl groups is 1. The Balaban J connectivity index is 2.78. The molecule has 134 valence electrons. The number of carbonyl (C=O) groups is 2. The molecule has 2 atom stereocenters. The molecule has 0 saturated carbocycles. The van der Waals surface area contributed by atoms with Crippen LogP contribution in [0.15, 0.2) is 30.3 Å². The van der Waals surface area contributed by atoms with Crippen molar-refractivity contribution in [3.63, 3.8) is 0 Å². The third-order valence-corrected chi connectivity index (χ3v) is 3.45. The van der Waals surface area contributed by atoms with E-state index >= 15 is 0 Å². The molecule has 0 aliphatic heterocycles. The van der Waals surface area contributed by atoms with Crippen LogP contribution in [0.4, 0.5) is 4.79 Å². The number of ether oxygens (including phenoxy) is 2. The third kappa shape index (κ3) is 6.17. The van der Waals surface area contributed by atoms with Crippen LogP contribution in [0.5, 0.6) is 0 Å². The van der Waals surface area contributed by atoms with E-state index < -0.39 is 30.9 Å². The molecule has 0 fully saturated rings. The molecular formula is C17H25NO6. The first-order valence-corrected chi connectivity index (χ1v) is 7.95. The highest BCUT2D eigenvalue weighted by molar-refractivity contribution is 5.80. The van der Waals surface area contributed by atoms with Gasteiger partial charge in [-0.05, 0) is 18.9 Å². The number of carboxylic acid groups (broad SMARTS) is 1. The van der Waals surface area contributed by atoms with Crippen molar-refractivity contribution in [3.05, 3.63) is 35.9 Å². The maximum Gasteiger partial charge on any atom is 0.412 e. The average molecular weight is 339 g/mol. The molecule has 0 saturated heterocycles. The summed E-state index contributed by atoms with van der Waals surface area (Å²) in [6.07, 6.45) is -0.163. The fraction of sp³-hybridized carbons (Fsp3) is 0.529. The number of carboxylic acids is 1. The maximum atomic E-state index is 12.2. The van der Waals surface area contributed by atoms with E-state index in [0.717, 1.165) is 16.9 Å². The van der Waals surface area contributed by atoms with Gasteiger partial charge in [0.2, 0.25) is 0 Å². The standard InChI is InChI=1S/C17H25NO6/c1-3-4-10-23-17(22)18(15(11-19)16(20)21)13(2)24-12-14-8-6-5-7-9-14/h5-9,13,15,19H,3-4,10-12H2,1-2H3,(H,20,21)/t13?,15-/m0/s1. The zero-order chi connectivity index (χ0) is 17.9. The summed E-state index contributed by atoms with van der Waals surface area (Å²) >= 11 is 0. The predicted octanol–water partition coefficient (Wildman–Crippen LogP) is 2.23. The number of aliphatic carboxylic acids is 1. The van der Waals surface area contributed by atoms with Gasteiger partial charge < -0.3 is 19.7 Å². The molecule has 24 heavy (non-hydrogen) atoms. The van der Waals surface area contributed by atoms with E-state index in [9.17, 15) is 19.8 Å². The summed E-state index contributed by atoms with van der Waals surface area (Å²) in [4.78, 5) is 24.5. The molecule has 0 aliphatic carbocycles. The molecule has 1 rings (SSSR count). The van der Waals surface area contributed by atoms with Gasteiger partial charge in [0, 0.05) is 0 Å². The Labute approximate surface area is 141 Å². The highest BCUT2D eigenvalue weighted by Gasteiger charge is 2.34. The van der Waals surface area contributed by atoms with E-state index in [1.54, 1.807) is 6.92 Å². The summed E-state index contributed by atoms with van der Waals surface area (Å²) in [5, 5.41) is 18.6. The molecule has 0 spiro atoms. The number of hydrogen-bond acceptors (Lipinski definition) is 5. The van der Waals surface area contributed by atoms with Gasteiger partial charge in [-0.15, -0.1) is 0 Å². The summed E-state index contributed by atoms with van der Waals surface area (Å²) in [7, 11) is 0. The normalized spacial score (nSPS) is 13.1. The lowest BCUT2D eigenvalue weighted by Crippen LogP contribution is -2.52. The van der Waals surface area contributed by atoms with E-state index in [4.69, 9.17) is 9.47 Å². The second-order valence-corrected chi connectivity index (χ2v) is 5.31. The molecule has 0 aromatic heterocycles. The van der Waals surface area contributed by atoms with Gasteiger partial charge in [-0.1, -0.05) is 43.7 Å². The zero-order valence-electron chi connectivity index (χ0n) is 14.1. The molecule has 2 N–H and O–H groups in total. The monoisotopic (exact) mass is 339 g/mol. The van der Waals surface area contributed by atoms with Crippen LogP contribution in [0.3, 0.4) is 0 Å². The first-order chi connectivity index (χ1) is 11.5. The highest BCUT2D eigenvalue weighted by Crippen LogP contribution is 2.13. The number of hydrogen-bond donors (Lipinski definition) is 2. The van der Waals surface area contributed by atoms with Crippen molar-refractivity contribution in [2.45, 2.75) is 45.6 Å². The number of rotatable bonds is 10. The number of benzene rings is 1. The minimum Gasteiger partial charge on any atom is -0.480 e. The van der Waals surface area contributed by atoms with E-state index in [0.29, 0.717) is 6.42 Å². The first-order valence-electron chi connectivity index (χ1n) is 7.95. The molecule has 1 aromatic rings. The number of amides is 1. The summed E-state index contributed by atoms with van der Waals surface area (Å²) in [6.45, 7) is 3.17. The summed E-state index contributed by atoms with van der Waals surface area (Å²) in [5.41, 5.74) is 0.888. The number of nitrogens with zero attached hydrogens (tertiary/aromatic N) is 1. The van der Waals surface area contributed by atoms with Crippen LogP contribution in [-0.4, -0.2) is 52.7 Å². The topological polar surface area (TPSA) is 96.3 Å². The molecule has 1 aromatic carbocycles. The Morgan fingerprint density at radius 2 is 1.92 bits per heavy atom. The Kier molecular flexibility index (Phi) is 8.81. The molecule has 7 heteroatoms. The summed E-state index contributed by atoms with van der Waals surface area (Å²) in [5.74, 6) is -1.32. The number of aliphatic hydroxyl groups excluding tert-OH is 1. The SMILES string of the molecule is CCCCOC(=O)N(C(C)OCc1ccccc1)[C@@H](CO)C(=O)O. The Morgan fingerprint density at radius 1 is 1.25 bits per heavy atom. The van der Waals surface area contributed by atoms with Gasteiger partial charge >= 0.3 is 12.1 Å². The van der Waals surface area contributed by atoms with E-state index in [-0.39, 0.29) is 13.2 Å². The van der Waals surface area contributed by atoms with Gasteiger partial charge in [-0.2, -0.15) is 0 Å². The lowest BCUT2D eigenvalue weighted by molar-refractivity contribution is -0.151. The van der Waals surface area contributed by atoms with Gasteiger partial charge in [0.15, 0.2) is 6.04 Å². The predicted molar refractivity (Wildman–Crippen MR) is 87.3 cm³/mol. The Morgan fingerprint density at radius 3 is 2.46 bits per heavy atom. The van der Waals surface area contributed by atoms with Crippen molar-refractivity contribution >= 4 is 12.1 Å². The van der Waals surface area contributed by atoms with Crippen molar-refractivity contribution < 1.29 is 29.3 Å². The van der Waals surface area contributed by atoms with Crippen LogP contribution >= 0.6 is 0 Å². The minimum absolute atomic E-state index is 0.189. The van der Waals surface area contributed by atoms with Gasteiger partial charge in [0.25, 0.3) is 0 Å². The molecule has 0 aliphatic rings. The Hall–Kier alpha value is -2.12. The minimum atomic E-state index is -1.43. The van der Waals surface area contributed by atoms with Crippen LogP contribution in [0, 0.1) is 0 Å². The summed E-state index contributed by atoms with van der Waals surface area (Å²) in [6, 6.07) is 7.87. The lowest BCUT2D eigenvalue weighted by Gasteiger charge is -2.32.